The van der Waals surface area contributed by atoms with E-state index in [1.165, 1.54) is 0 Å². The van der Waals surface area contributed by atoms with Crippen molar-refractivity contribution in [2.24, 2.45) is 33.8 Å². The number of aliphatic carboxylic acids is 1. The summed E-state index contributed by atoms with van der Waals surface area (Å²) in [4.78, 5) is 52.4. The fourth-order valence-electron chi connectivity index (χ4n) is 2.89. The first-order valence-corrected chi connectivity index (χ1v) is 11.1. The molecule has 0 aliphatic carbocycles. The minimum Gasteiger partial charge on any atom is -0.480 e. The number of rotatable bonds is 17. The van der Waals surface area contributed by atoms with Gasteiger partial charge in [-0.25, -0.2) is 4.79 Å². The van der Waals surface area contributed by atoms with Crippen LogP contribution in [0.15, 0.2) is 4.99 Å². The number of nitrogens with one attached hydrogen (secondary N) is 3. The Hall–Kier alpha value is -2.93. The third-order valence-corrected chi connectivity index (χ3v) is 5.10. The number of carboxylic acids is 1. The molecule has 0 spiro atoms. The molecular formula is C20H40N8O5. The van der Waals surface area contributed by atoms with Gasteiger partial charge in [-0.05, 0) is 38.1 Å². The van der Waals surface area contributed by atoms with E-state index in [-0.39, 0.29) is 31.4 Å². The number of carbonyl (C=O) groups is 4. The largest absolute Gasteiger partial charge is 0.480 e. The van der Waals surface area contributed by atoms with Crippen LogP contribution in [0.3, 0.4) is 0 Å². The second-order valence-corrected chi connectivity index (χ2v) is 7.89. The molecule has 0 aliphatic heterocycles. The van der Waals surface area contributed by atoms with Crippen molar-refractivity contribution < 1.29 is 24.3 Å². The van der Waals surface area contributed by atoms with Gasteiger partial charge in [0.1, 0.15) is 12.1 Å². The Balaban J connectivity index is 4.88. The third kappa shape index (κ3) is 13.3. The van der Waals surface area contributed by atoms with Gasteiger partial charge in [-0.1, -0.05) is 26.7 Å². The summed E-state index contributed by atoms with van der Waals surface area (Å²) in [7, 11) is 0. The lowest BCUT2D eigenvalue weighted by Crippen LogP contribution is -2.55. The van der Waals surface area contributed by atoms with Crippen molar-refractivity contribution in [3.8, 4) is 0 Å². The number of unbranched alkanes of at least 4 members (excludes halogenated alkanes) is 1. The zero-order valence-electron chi connectivity index (χ0n) is 19.5. The van der Waals surface area contributed by atoms with Crippen molar-refractivity contribution in [2.75, 3.05) is 19.6 Å². The molecule has 0 saturated carbocycles. The van der Waals surface area contributed by atoms with Crippen LogP contribution in [0.4, 0.5) is 0 Å². The first kappa shape index (κ1) is 30.1. The quantitative estimate of drug-likeness (QED) is 0.0644. The molecule has 33 heavy (non-hydrogen) atoms. The van der Waals surface area contributed by atoms with Gasteiger partial charge < -0.3 is 44.0 Å². The van der Waals surface area contributed by atoms with Crippen molar-refractivity contribution in [2.45, 2.75) is 70.5 Å². The minimum atomic E-state index is -1.21. The van der Waals surface area contributed by atoms with Gasteiger partial charge in [0, 0.05) is 6.54 Å². The summed E-state index contributed by atoms with van der Waals surface area (Å²) in [5, 5.41) is 16.9. The van der Waals surface area contributed by atoms with E-state index in [1.54, 1.807) is 6.92 Å². The van der Waals surface area contributed by atoms with E-state index in [1.807, 2.05) is 6.92 Å². The highest BCUT2D eigenvalue weighted by atomic mass is 16.4. The molecule has 0 unspecified atom stereocenters. The Morgan fingerprint density at radius 3 is 2.21 bits per heavy atom. The lowest BCUT2D eigenvalue weighted by atomic mass is 9.97. The van der Waals surface area contributed by atoms with Crippen molar-refractivity contribution in [1.82, 2.24) is 16.0 Å². The number of hydrogen-bond donors (Lipinski definition) is 8. The summed E-state index contributed by atoms with van der Waals surface area (Å²) in [5.41, 5.74) is 21.7. The number of carbonyl (C=O) groups excluding carboxylic acids is 3. The molecule has 190 valence electrons. The van der Waals surface area contributed by atoms with Gasteiger partial charge in [0.2, 0.25) is 17.7 Å². The summed E-state index contributed by atoms with van der Waals surface area (Å²) in [5.74, 6) is -3.28. The molecule has 0 radical (unpaired) electrons. The Morgan fingerprint density at radius 2 is 1.67 bits per heavy atom. The fraction of sp³-hybridized carbons (Fsp3) is 0.750. The van der Waals surface area contributed by atoms with E-state index in [0.29, 0.717) is 32.2 Å². The van der Waals surface area contributed by atoms with Gasteiger partial charge in [-0.15, -0.1) is 0 Å². The van der Waals surface area contributed by atoms with E-state index < -0.39 is 41.8 Å². The van der Waals surface area contributed by atoms with E-state index in [0.717, 1.165) is 6.42 Å². The second kappa shape index (κ2) is 16.7. The first-order valence-electron chi connectivity index (χ1n) is 11.1. The van der Waals surface area contributed by atoms with Crippen LogP contribution in [0.2, 0.25) is 0 Å². The highest BCUT2D eigenvalue weighted by Gasteiger charge is 2.29. The standard InChI is InChI=1S/C20H40N8O5/c1-3-12(2)16(18(31)27-14(19(32)33)8-6-10-25-20(23)24)28-15(29)11-26-17(30)13(22)7-4-5-9-21/h12-14,16H,3-11,21-22H2,1-2H3,(H,26,30)(H,27,31)(H,28,29)(H,32,33)(H4,23,24,25)/t12-,13-,14-,16-/m0/s1. The van der Waals surface area contributed by atoms with Crippen LogP contribution in [0.1, 0.15) is 52.4 Å². The molecule has 12 N–H and O–H groups in total. The van der Waals surface area contributed by atoms with Gasteiger partial charge >= 0.3 is 5.97 Å². The van der Waals surface area contributed by atoms with Crippen LogP contribution >= 0.6 is 0 Å². The molecule has 0 bridgehead atoms. The van der Waals surface area contributed by atoms with Gasteiger partial charge in [0.05, 0.1) is 12.6 Å². The number of carboxylic acid groups (broad SMARTS) is 1. The van der Waals surface area contributed by atoms with Crippen LogP contribution in [-0.4, -0.2) is 72.5 Å². The molecule has 0 fully saturated rings. The van der Waals surface area contributed by atoms with Crippen LogP contribution in [0.5, 0.6) is 0 Å². The zero-order chi connectivity index (χ0) is 25.4. The van der Waals surface area contributed by atoms with E-state index >= 15 is 0 Å². The van der Waals surface area contributed by atoms with Crippen molar-refractivity contribution in [3.05, 3.63) is 0 Å². The SMILES string of the molecule is CC[C@H](C)[C@H](NC(=O)CNC(=O)[C@@H](N)CCCCN)C(=O)N[C@@H](CCCN=C(N)N)C(=O)O. The predicted octanol–water partition coefficient (Wildman–Crippen LogP) is -2.29. The summed E-state index contributed by atoms with van der Waals surface area (Å²) in [6.07, 6.45) is 2.90. The van der Waals surface area contributed by atoms with E-state index in [4.69, 9.17) is 22.9 Å². The predicted molar refractivity (Wildman–Crippen MR) is 125 cm³/mol. The molecule has 0 aromatic heterocycles. The maximum Gasteiger partial charge on any atom is 0.326 e. The molecule has 0 aromatic carbocycles. The number of aliphatic imine (C=N–C) groups is 1. The number of nitrogens with zero attached hydrogens (tertiary/aromatic N) is 1. The zero-order valence-corrected chi connectivity index (χ0v) is 19.5. The van der Waals surface area contributed by atoms with Crippen LogP contribution in [0.25, 0.3) is 0 Å². The topological polar surface area (TPSA) is 241 Å². The lowest BCUT2D eigenvalue weighted by Gasteiger charge is -2.25. The third-order valence-electron chi connectivity index (χ3n) is 5.10. The van der Waals surface area contributed by atoms with Crippen molar-refractivity contribution in [1.29, 1.82) is 0 Å². The van der Waals surface area contributed by atoms with Crippen LogP contribution in [0, 0.1) is 5.92 Å². The molecule has 0 heterocycles. The highest BCUT2D eigenvalue weighted by molar-refractivity contribution is 5.92. The number of hydrogen-bond acceptors (Lipinski definition) is 7. The summed E-state index contributed by atoms with van der Waals surface area (Å²) in [6, 6.07) is -2.90. The monoisotopic (exact) mass is 472 g/mol. The Kier molecular flexibility index (Phi) is 15.2. The minimum absolute atomic E-state index is 0.103. The average Bonchev–Trinajstić information content (AvgIpc) is 2.76. The molecule has 0 aliphatic rings. The first-order chi connectivity index (χ1) is 15.5. The Labute approximate surface area is 194 Å². The van der Waals surface area contributed by atoms with Gasteiger partial charge in [0.15, 0.2) is 5.96 Å². The van der Waals surface area contributed by atoms with Gasteiger partial charge in [-0.3, -0.25) is 19.4 Å². The van der Waals surface area contributed by atoms with E-state index in [9.17, 15) is 24.3 Å². The molecule has 4 atom stereocenters. The molecule has 3 amide bonds. The number of guanidine groups is 1. The number of amides is 3. The summed E-state index contributed by atoms with van der Waals surface area (Å²) < 4.78 is 0. The average molecular weight is 473 g/mol. The van der Waals surface area contributed by atoms with Gasteiger partial charge in [0.25, 0.3) is 0 Å². The van der Waals surface area contributed by atoms with Gasteiger partial charge in [-0.2, -0.15) is 0 Å². The maximum absolute atomic E-state index is 12.8. The summed E-state index contributed by atoms with van der Waals surface area (Å²) in [6.45, 7) is 3.97. The molecule has 0 saturated heterocycles. The second-order valence-electron chi connectivity index (χ2n) is 7.89. The van der Waals surface area contributed by atoms with Crippen molar-refractivity contribution in [3.63, 3.8) is 0 Å². The smallest absolute Gasteiger partial charge is 0.326 e. The van der Waals surface area contributed by atoms with Crippen LogP contribution in [-0.2, 0) is 19.2 Å². The molecule has 13 nitrogen and oxygen atoms in total. The normalized spacial score (nSPS) is 14.3. The lowest BCUT2D eigenvalue weighted by molar-refractivity contribution is -0.142. The molecule has 13 heteroatoms. The highest BCUT2D eigenvalue weighted by Crippen LogP contribution is 2.09. The molecular weight excluding hydrogens is 432 g/mol. The van der Waals surface area contributed by atoms with Crippen molar-refractivity contribution >= 4 is 29.7 Å². The Morgan fingerprint density at radius 1 is 1.00 bits per heavy atom. The maximum atomic E-state index is 12.8. The molecule has 0 rings (SSSR count). The Bertz CT molecular complexity index is 669. The molecule has 0 aromatic rings. The summed E-state index contributed by atoms with van der Waals surface area (Å²) >= 11 is 0. The van der Waals surface area contributed by atoms with E-state index in [2.05, 4.69) is 20.9 Å². The number of nitrogens with two attached hydrogens (primary N) is 4. The van der Waals surface area contributed by atoms with Crippen LogP contribution < -0.4 is 38.9 Å². The fourth-order valence-corrected chi connectivity index (χ4v) is 2.89.